The maximum atomic E-state index is 14.5. The Hall–Kier alpha value is -1.82. The molecule has 3 rings (SSSR count). The molecule has 0 N–H and O–H groups in total. The maximum absolute atomic E-state index is 14.5. The molecule has 2 aliphatic rings. The Labute approximate surface area is 145 Å². The second kappa shape index (κ2) is 6.59. The van der Waals surface area contributed by atoms with Gasteiger partial charge in [0, 0.05) is 19.1 Å². The highest BCUT2D eigenvalue weighted by atomic mass is 32.2. The van der Waals surface area contributed by atoms with E-state index in [0.717, 1.165) is 43.3 Å². The Morgan fingerprint density at radius 1 is 1.21 bits per heavy atom. The van der Waals surface area contributed by atoms with Crippen molar-refractivity contribution < 1.29 is 14.0 Å². The van der Waals surface area contributed by atoms with E-state index in [9.17, 15) is 14.0 Å². The molecule has 0 aromatic heterocycles. The first-order chi connectivity index (χ1) is 11.4. The van der Waals surface area contributed by atoms with Gasteiger partial charge >= 0.3 is 0 Å². The third-order valence-electron chi connectivity index (χ3n) is 4.41. The molecular formula is C18H21FN2O2S. The lowest BCUT2D eigenvalue weighted by Gasteiger charge is -2.19. The number of carbonyl (C=O) groups is 2. The summed E-state index contributed by atoms with van der Waals surface area (Å²) >= 11 is 0.915. The number of imide groups is 1. The Kier molecular flexibility index (Phi) is 4.67. The fraction of sp³-hybridized carbons (Fsp3) is 0.444. The Balaban J connectivity index is 1.92. The molecule has 128 valence electrons. The fourth-order valence-electron chi connectivity index (χ4n) is 3.10. The molecule has 2 fully saturated rings. The lowest BCUT2D eigenvalue weighted by Crippen LogP contribution is -2.34. The van der Waals surface area contributed by atoms with Gasteiger partial charge in [0.25, 0.3) is 11.1 Å². The summed E-state index contributed by atoms with van der Waals surface area (Å²) in [6, 6.07) is 3.12. The first-order valence-corrected chi connectivity index (χ1v) is 9.02. The Morgan fingerprint density at radius 3 is 2.46 bits per heavy atom. The molecule has 1 aromatic rings. The summed E-state index contributed by atoms with van der Waals surface area (Å²) in [5.74, 6) is -0.583. The Morgan fingerprint density at radius 2 is 1.88 bits per heavy atom. The van der Waals surface area contributed by atoms with Crippen LogP contribution in [-0.4, -0.2) is 35.2 Å². The number of aryl methyl sites for hydroxylation is 1. The van der Waals surface area contributed by atoms with Crippen molar-refractivity contribution in [1.29, 1.82) is 0 Å². The van der Waals surface area contributed by atoms with E-state index in [1.165, 1.54) is 11.0 Å². The molecule has 0 unspecified atom stereocenters. The van der Waals surface area contributed by atoms with Gasteiger partial charge in [-0.05, 0) is 74.7 Å². The summed E-state index contributed by atoms with van der Waals surface area (Å²) in [5, 5.41) is -0.270. The zero-order valence-electron chi connectivity index (χ0n) is 14.1. The molecule has 0 atom stereocenters. The number of carbonyl (C=O) groups excluding carboxylic acids is 2. The van der Waals surface area contributed by atoms with Crippen LogP contribution in [0.1, 0.15) is 37.8 Å². The van der Waals surface area contributed by atoms with Gasteiger partial charge < -0.3 is 4.90 Å². The minimum Gasteiger partial charge on any atom is -0.369 e. The Bertz CT molecular complexity index is 724. The van der Waals surface area contributed by atoms with Crippen LogP contribution in [0.2, 0.25) is 0 Å². The van der Waals surface area contributed by atoms with Crippen LogP contribution in [0.15, 0.2) is 17.0 Å². The predicted octanol–water partition coefficient (Wildman–Crippen LogP) is 4.18. The zero-order valence-corrected chi connectivity index (χ0v) is 15.0. The van der Waals surface area contributed by atoms with Crippen molar-refractivity contribution in [2.24, 2.45) is 0 Å². The van der Waals surface area contributed by atoms with Crippen molar-refractivity contribution in [3.8, 4) is 0 Å². The summed E-state index contributed by atoms with van der Waals surface area (Å²) < 4.78 is 14.5. The minimum absolute atomic E-state index is 0.182. The van der Waals surface area contributed by atoms with E-state index in [4.69, 9.17) is 0 Å². The molecule has 24 heavy (non-hydrogen) atoms. The van der Waals surface area contributed by atoms with Gasteiger partial charge in [0.1, 0.15) is 5.82 Å². The van der Waals surface area contributed by atoms with E-state index in [2.05, 4.69) is 4.90 Å². The molecule has 2 heterocycles. The normalized spacial score (nSPS) is 20.1. The van der Waals surface area contributed by atoms with Crippen LogP contribution >= 0.6 is 11.8 Å². The van der Waals surface area contributed by atoms with Crippen molar-refractivity contribution in [3.63, 3.8) is 0 Å². The fourth-order valence-corrected chi connectivity index (χ4v) is 4.06. The maximum Gasteiger partial charge on any atom is 0.293 e. The zero-order chi connectivity index (χ0) is 17.4. The van der Waals surface area contributed by atoms with Gasteiger partial charge in [-0.25, -0.2) is 4.39 Å². The quantitative estimate of drug-likeness (QED) is 0.769. The smallest absolute Gasteiger partial charge is 0.293 e. The van der Waals surface area contributed by atoms with E-state index in [1.807, 2.05) is 13.0 Å². The van der Waals surface area contributed by atoms with Crippen LogP contribution < -0.4 is 4.90 Å². The summed E-state index contributed by atoms with van der Waals surface area (Å²) in [6.45, 7) is 7.26. The van der Waals surface area contributed by atoms with Crippen molar-refractivity contribution >= 4 is 34.7 Å². The van der Waals surface area contributed by atoms with Gasteiger partial charge in [0.05, 0.1) is 10.6 Å². The molecule has 0 bridgehead atoms. The van der Waals surface area contributed by atoms with Gasteiger partial charge in [0.2, 0.25) is 0 Å². The molecule has 0 saturated carbocycles. The van der Waals surface area contributed by atoms with E-state index < -0.39 is 0 Å². The van der Waals surface area contributed by atoms with Crippen LogP contribution in [0, 0.1) is 12.7 Å². The lowest BCUT2D eigenvalue weighted by atomic mass is 10.1. The van der Waals surface area contributed by atoms with Crippen LogP contribution in [0.5, 0.6) is 0 Å². The lowest BCUT2D eigenvalue weighted by molar-refractivity contribution is -0.123. The molecular weight excluding hydrogens is 327 g/mol. The van der Waals surface area contributed by atoms with Crippen molar-refractivity contribution in [2.75, 3.05) is 18.0 Å². The third kappa shape index (κ3) is 3.07. The van der Waals surface area contributed by atoms with Crippen molar-refractivity contribution in [2.45, 2.75) is 39.7 Å². The van der Waals surface area contributed by atoms with Gasteiger partial charge in [-0.2, -0.15) is 0 Å². The number of halogens is 1. The number of rotatable bonds is 3. The third-order valence-corrected chi connectivity index (χ3v) is 5.29. The SMILES string of the molecule is Cc1cc(N2CCCC2)c(F)cc1C=C1SC(=O)N(C(C)C)C1=O. The van der Waals surface area contributed by atoms with Crippen LogP contribution in [0.25, 0.3) is 6.08 Å². The molecule has 2 aliphatic heterocycles. The number of benzene rings is 1. The number of anilines is 1. The highest BCUT2D eigenvalue weighted by Crippen LogP contribution is 2.35. The topological polar surface area (TPSA) is 40.6 Å². The van der Waals surface area contributed by atoms with E-state index in [0.29, 0.717) is 16.2 Å². The molecule has 0 radical (unpaired) electrons. The molecule has 0 spiro atoms. The number of hydrogen-bond donors (Lipinski definition) is 0. The summed E-state index contributed by atoms with van der Waals surface area (Å²) in [4.78, 5) is 27.9. The van der Waals surface area contributed by atoms with Crippen LogP contribution in [0.3, 0.4) is 0 Å². The number of amides is 2. The van der Waals surface area contributed by atoms with Gasteiger partial charge in [-0.3, -0.25) is 14.5 Å². The number of thioether (sulfide) groups is 1. The molecule has 6 heteroatoms. The molecule has 1 aromatic carbocycles. The highest BCUT2D eigenvalue weighted by Gasteiger charge is 2.36. The summed E-state index contributed by atoms with van der Waals surface area (Å²) in [7, 11) is 0. The average Bonchev–Trinajstić information content (AvgIpc) is 3.11. The largest absolute Gasteiger partial charge is 0.369 e. The predicted molar refractivity (Wildman–Crippen MR) is 95.5 cm³/mol. The first-order valence-electron chi connectivity index (χ1n) is 8.20. The molecule has 4 nitrogen and oxygen atoms in total. The van der Waals surface area contributed by atoms with E-state index in [-0.39, 0.29) is 23.0 Å². The molecule has 2 amide bonds. The number of hydrogen-bond acceptors (Lipinski definition) is 4. The van der Waals surface area contributed by atoms with E-state index >= 15 is 0 Å². The average molecular weight is 348 g/mol. The standard InChI is InChI=1S/C18H21FN2O2S/c1-11(2)21-17(22)16(24-18(21)23)10-13-9-14(19)15(8-12(13)3)20-6-4-5-7-20/h8-11H,4-7H2,1-3H3. The van der Waals surface area contributed by atoms with Crippen LogP contribution in [-0.2, 0) is 4.79 Å². The number of nitrogens with zero attached hydrogens (tertiary/aromatic N) is 2. The van der Waals surface area contributed by atoms with Gasteiger partial charge in [-0.15, -0.1) is 0 Å². The highest BCUT2D eigenvalue weighted by molar-refractivity contribution is 8.18. The second-order valence-electron chi connectivity index (χ2n) is 6.50. The van der Waals surface area contributed by atoms with Gasteiger partial charge in [-0.1, -0.05) is 0 Å². The van der Waals surface area contributed by atoms with Crippen molar-refractivity contribution in [1.82, 2.24) is 4.90 Å². The van der Waals surface area contributed by atoms with Crippen molar-refractivity contribution in [3.05, 3.63) is 34.0 Å². The molecule has 0 aliphatic carbocycles. The monoisotopic (exact) mass is 348 g/mol. The van der Waals surface area contributed by atoms with Gasteiger partial charge in [0.15, 0.2) is 0 Å². The first kappa shape index (κ1) is 17.0. The van der Waals surface area contributed by atoms with E-state index in [1.54, 1.807) is 19.9 Å². The second-order valence-corrected chi connectivity index (χ2v) is 7.49. The summed E-state index contributed by atoms with van der Waals surface area (Å²) in [6.07, 6.45) is 3.80. The van der Waals surface area contributed by atoms with Crippen LogP contribution in [0.4, 0.5) is 14.9 Å². The summed E-state index contributed by atoms with van der Waals surface area (Å²) in [5.41, 5.74) is 2.16. The molecule has 2 saturated heterocycles. The minimum atomic E-state index is -0.302.